The zero-order valence-electron chi connectivity index (χ0n) is 14.0. The Morgan fingerprint density at radius 2 is 1.48 bits per heavy atom. The van der Waals surface area contributed by atoms with Gasteiger partial charge in [-0.3, -0.25) is 0 Å². The van der Waals surface area contributed by atoms with Crippen LogP contribution in [-0.2, 0) is 19.1 Å². The molecule has 0 spiro atoms. The molecule has 1 fully saturated rings. The molecule has 1 aromatic carbocycles. The lowest BCUT2D eigenvalue weighted by molar-refractivity contribution is -0.143. The first-order valence-electron chi connectivity index (χ1n) is 8.03. The summed E-state index contributed by atoms with van der Waals surface area (Å²) >= 11 is 0. The minimum absolute atomic E-state index is 0.103. The Labute approximate surface area is 137 Å². The van der Waals surface area contributed by atoms with Crippen LogP contribution in [0.2, 0.25) is 0 Å². The average molecular weight is 316 g/mol. The lowest BCUT2D eigenvalue weighted by atomic mass is 9.79. The van der Waals surface area contributed by atoms with E-state index in [1.165, 1.54) is 51.5 Å². The molecule has 0 aromatic heterocycles. The van der Waals surface area contributed by atoms with Crippen LogP contribution in [0.25, 0.3) is 6.08 Å². The molecule has 1 saturated carbocycles. The van der Waals surface area contributed by atoms with Crippen LogP contribution in [0.15, 0.2) is 29.8 Å². The van der Waals surface area contributed by atoms with Crippen molar-refractivity contribution in [3.63, 3.8) is 0 Å². The number of rotatable bonds is 4. The first-order chi connectivity index (χ1) is 11.0. The van der Waals surface area contributed by atoms with Crippen LogP contribution in [0.3, 0.4) is 0 Å². The Bertz CT molecular complexity index is 560. The molecule has 0 heterocycles. The molecule has 0 amide bonds. The number of ether oxygens (including phenoxy) is 2. The van der Waals surface area contributed by atoms with Crippen LogP contribution >= 0.6 is 0 Å². The van der Waals surface area contributed by atoms with E-state index in [2.05, 4.69) is 28.5 Å². The molecule has 1 aliphatic carbocycles. The third-order valence-electron chi connectivity index (χ3n) is 4.55. The minimum Gasteiger partial charge on any atom is -0.465 e. The van der Waals surface area contributed by atoms with Crippen molar-refractivity contribution in [3.05, 3.63) is 41.0 Å². The summed E-state index contributed by atoms with van der Waals surface area (Å²) in [4.78, 5) is 23.3. The van der Waals surface area contributed by atoms with Gasteiger partial charge in [0.05, 0.1) is 14.2 Å². The summed E-state index contributed by atoms with van der Waals surface area (Å²) in [6, 6.07) is 8.02. The molecule has 4 heteroatoms. The second-order valence-corrected chi connectivity index (χ2v) is 6.16. The predicted octanol–water partition coefficient (Wildman–Crippen LogP) is 3.71. The third kappa shape index (κ3) is 4.44. The molecule has 23 heavy (non-hydrogen) atoms. The molecule has 0 saturated heterocycles. The number of carbonyl (C=O) groups excluding carboxylic acids is 2. The molecule has 0 aliphatic heterocycles. The zero-order chi connectivity index (χ0) is 16.8. The quantitative estimate of drug-likeness (QED) is 0.368. The van der Waals surface area contributed by atoms with Gasteiger partial charge in [-0.1, -0.05) is 44.0 Å². The van der Waals surface area contributed by atoms with Gasteiger partial charge in [-0.05, 0) is 41.9 Å². The molecule has 0 atom stereocenters. The van der Waals surface area contributed by atoms with E-state index in [0.717, 1.165) is 11.5 Å². The summed E-state index contributed by atoms with van der Waals surface area (Å²) in [7, 11) is 2.48. The Morgan fingerprint density at radius 3 is 1.96 bits per heavy atom. The molecule has 0 unspecified atom stereocenters. The Balaban J connectivity index is 2.16. The topological polar surface area (TPSA) is 52.6 Å². The standard InChI is InChI=1S/C19H24O4/c1-13-4-8-15(9-5-13)16-10-6-14(7-11-16)12-17(18(20)22-2)19(21)23-3/h6-7,10-13,15H,4-5,8-9H2,1-3H3. The van der Waals surface area contributed by atoms with Crippen LogP contribution in [-0.4, -0.2) is 26.2 Å². The van der Waals surface area contributed by atoms with Crippen molar-refractivity contribution in [3.8, 4) is 0 Å². The van der Waals surface area contributed by atoms with Crippen LogP contribution in [0.1, 0.15) is 49.7 Å². The molecule has 1 aliphatic rings. The maximum atomic E-state index is 11.7. The monoisotopic (exact) mass is 316 g/mol. The number of methoxy groups -OCH3 is 2. The van der Waals surface area contributed by atoms with Gasteiger partial charge in [-0.2, -0.15) is 0 Å². The maximum Gasteiger partial charge on any atom is 0.345 e. The highest BCUT2D eigenvalue weighted by Crippen LogP contribution is 2.35. The molecule has 0 N–H and O–H groups in total. The fraction of sp³-hybridized carbons (Fsp3) is 0.474. The van der Waals surface area contributed by atoms with Crippen molar-refractivity contribution in [2.24, 2.45) is 5.92 Å². The average Bonchev–Trinajstić information content (AvgIpc) is 2.59. The first-order valence-corrected chi connectivity index (χ1v) is 8.03. The SMILES string of the molecule is COC(=O)C(=Cc1ccc(C2CCC(C)CC2)cc1)C(=O)OC. The highest BCUT2D eigenvalue weighted by atomic mass is 16.5. The van der Waals surface area contributed by atoms with Gasteiger partial charge >= 0.3 is 11.9 Å². The summed E-state index contributed by atoms with van der Waals surface area (Å²) in [6.45, 7) is 2.31. The molecule has 4 nitrogen and oxygen atoms in total. The summed E-state index contributed by atoms with van der Waals surface area (Å²) in [5.41, 5.74) is 2.00. The van der Waals surface area contributed by atoms with Gasteiger partial charge in [-0.15, -0.1) is 0 Å². The van der Waals surface area contributed by atoms with E-state index >= 15 is 0 Å². The zero-order valence-corrected chi connectivity index (χ0v) is 14.0. The Morgan fingerprint density at radius 1 is 0.957 bits per heavy atom. The van der Waals surface area contributed by atoms with Crippen LogP contribution in [0, 0.1) is 5.92 Å². The van der Waals surface area contributed by atoms with Gasteiger partial charge in [-0.25, -0.2) is 9.59 Å². The molecule has 124 valence electrons. The summed E-state index contributed by atoms with van der Waals surface area (Å²) in [6.07, 6.45) is 6.52. The maximum absolute atomic E-state index is 11.7. The lowest BCUT2D eigenvalue weighted by Gasteiger charge is -2.26. The molecule has 0 radical (unpaired) electrons. The van der Waals surface area contributed by atoms with Crippen LogP contribution in [0.5, 0.6) is 0 Å². The smallest absolute Gasteiger partial charge is 0.345 e. The molecule has 1 aromatic rings. The van der Waals surface area contributed by atoms with E-state index in [0.29, 0.717) is 5.92 Å². The fourth-order valence-corrected chi connectivity index (χ4v) is 3.05. The van der Waals surface area contributed by atoms with Crippen molar-refractivity contribution in [2.75, 3.05) is 14.2 Å². The number of hydrogen-bond acceptors (Lipinski definition) is 4. The molecule has 0 bridgehead atoms. The van der Waals surface area contributed by atoms with E-state index < -0.39 is 11.9 Å². The number of esters is 2. The molecule has 2 rings (SSSR count). The second kappa shape index (κ2) is 7.95. The Kier molecular flexibility index (Phi) is 5.97. The van der Waals surface area contributed by atoms with E-state index in [9.17, 15) is 9.59 Å². The number of hydrogen-bond donors (Lipinski definition) is 0. The normalized spacial score (nSPS) is 20.5. The van der Waals surface area contributed by atoms with Gasteiger partial charge in [0.1, 0.15) is 5.57 Å². The van der Waals surface area contributed by atoms with Gasteiger partial charge in [0, 0.05) is 0 Å². The molecular weight excluding hydrogens is 292 g/mol. The van der Waals surface area contributed by atoms with Crippen molar-refractivity contribution < 1.29 is 19.1 Å². The summed E-state index contributed by atoms with van der Waals surface area (Å²) in [5, 5.41) is 0. The van der Waals surface area contributed by atoms with Crippen molar-refractivity contribution >= 4 is 18.0 Å². The fourth-order valence-electron chi connectivity index (χ4n) is 3.05. The number of benzene rings is 1. The van der Waals surface area contributed by atoms with Crippen molar-refractivity contribution in [1.29, 1.82) is 0 Å². The largest absolute Gasteiger partial charge is 0.465 e. The van der Waals surface area contributed by atoms with Gasteiger partial charge < -0.3 is 9.47 Å². The van der Waals surface area contributed by atoms with Gasteiger partial charge in [0.2, 0.25) is 0 Å². The number of carbonyl (C=O) groups is 2. The lowest BCUT2D eigenvalue weighted by Crippen LogP contribution is -2.15. The van der Waals surface area contributed by atoms with E-state index in [-0.39, 0.29) is 5.57 Å². The first kappa shape index (κ1) is 17.3. The van der Waals surface area contributed by atoms with Crippen molar-refractivity contribution in [2.45, 2.75) is 38.5 Å². The highest BCUT2D eigenvalue weighted by Gasteiger charge is 2.21. The third-order valence-corrected chi connectivity index (χ3v) is 4.55. The van der Waals surface area contributed by atoms with E-state index in [1.54, 1.807) is 0 Å². The van der Waals surface area contributed by atoms with Gasteiger partial charge in [0.15, 0.2) is 0 Å². The predicted molar refractivity (Wildman–Crippen MR) is 88.8 cm³/mol. The van der Waals surface area contributed by atoms with Crippen LogP contribution in [0.4, 0.5) is 0 Å². The highest BCUT2D eigenvalue weighted by molar-refractivity contribution is 6.17. The second-order valence-electron chi connectivity index (χ2n) is 6.16. The van der Waals surface area contributed by atoms with Crippen LogP contribution < -0.4 is 0 Å². The van der Waals surface area contributed by atoms with E-state index in [1.807, 2.05) is 12.1 Å². The van der Waals surface area contributed by atoms with E-state index in [4.69, 9.17) is 0 Å². The minimum atomic E-state index is -0.692. The molecular formula is C19H24O4. The van der Waals surface area contributed by atoms with Crippen molar-refractivity contribution in [1.82, 2.24) is 0 Å². The Hall–Kier alpha value is -2.10. The van der Waals surface area contributed by atoms with Gasteiger partial charge in [0.25, 0.3) is 0 Å². The summed E-state index contributed by atoms with van der Waals surface area (Å²) in [5.74, 6) is 0.0606. The summed E-state index contributed by atoms with van der Waals surface area (Å²) < 4.78 is 9.26.